The molecule has 30 nitrogen and oxygen atoms in total. The summed E-state index contributed by atoms with van der Waals surface area (Å²) in [5, 5.41) is 31.1. The van der Waals surface area contributed by atoms with Crippen molar-refractivity contribution in [3.8, 4) is 5.75 Å². The van der Waals surface area contributed by atoms with Crippen molar-refractivity contribution in [3.05, 3.63) is 178 Å². The number of unbranched alkanes of at least 4 members (excludes halogenated alkanes) is 2. The third kappa shape index (κ3) is 22.0. The van der Waals surface area contributed by atoms with Crippen LogP contribution < -0.4 is 40.7 Å². The van der Waals surface area contributed by atoms with Crippen LogP contribution in [0.15, 0.2) is 166 Å². The van der Waals surface area contributed by atoms with E-state index in [1.54, 1.807) is 69.3 Å². The third-order valence-electron chi connectivity index (χ3n) is 21.5. The van der Waals surface area contributed by atoms with Crippen LogP contribution in [0.4, 0.5) is 33.2 Å². The van der Waals surface area contributed by atoms with E-state index in [9.17, 15) is 95.7 Å². The molecule has 10 rings (SSSR count). The number of nitrogens with zero attached hydrogens (tertiary/aromatic N) is 4. The summed E-state index contributed by atoms with van der Waals surface area (Å²) >= 11 is 0. The molecule has 34 heteroatoms. The molecule has 1 fully saturated rings. The number of rotatable bonds is 32. The van der Waals surface area contributed by atoms with Gasteiger partial charge in [0.05, 0.1) is 44.6 Å². The van der Waals surface area contributed by atoms with Gasteiger partial charge in [-0.2, -0.15) is 38.2 Å². The summed E-state index contributed by atoms with van der Waals surface area (Å²) in [5.74, 6) is -5.76. The lowest BCUT2D eigenvalue weighted by molar-refractivity contribution is -0.438. The highest BCUT2D eigenvalue weighted by atomic mass is 32.2. The number of Topliss-reactive ketones (excluding diaryl/α,β-unsaturated/α-hetero) is 1. The van der Waals surface area contributed by atoms with Gasteiger partial charge in [0.2, 0.25) is 11.6 Å². The number of para-hydroxylation sites is 2. The summed E-state index contributed by atoms with van der Waals surface area (Å²) in [6.45, 7) is 13.0. The Balaban J connectivity index is 0.860. The fourth-order valence-corrected chi connectivity index (χ4v) is 17.4. The first-order valence-electron chi connectivity index (χ1n) is 38.0. The first-order valence-corrected chi connectivity index (χ1v) is 44.1. The number of ketones is 1. The van der Waals surface area contributed by atoms with Crippen LogP contribution in [0, 0.1) is 5.41 Å². The normalized spacial score (nSPS) is 18.5. The number of hydrogen-bond donors (Lipinski definition) is 10. The Bertz CT molecular complexity index is 5270. The molecule has 0 saturated heterocycles. The molecule has 0 unspecified atom stereocenters. The van der Waals surface area contributed by atoms with Crippen LogP contribution in [0.3, 0.4) is 0 Å². The predicted molar refractivity (Wildman–Crippen MR) is 432 cm³/mol. The molecule has 0 bridgehead atoms. The van der Waals surface area contributed by atoms with E-state index in [1.165, 1.54) is 53.4 Å². The van der Waals surface area contributed by atoms with Gasteiger partial charge in [0.1, 0.15) is 36.2 Å². The van der Waals surface area contributed by atoms with Crippen molar-refractivity contribution in [1.82, 2.24) is 16.0 Å². The van der Waals surface area contributed by atoms with Crippen LogP contribution in [0.1, 0.15) is 165 Å². The molecule has 5 aliphatic rings. The van der Waals surface area contributed by atoms with Crippen molar-refractivity contribution in [2.45, 2.75) is 190 Å². The van der Waals surface area contributed by atoms with Gasteiger partial charge in [-0.15, -0.1) is 0 Å². The Morgan fingerprint density at radius 3 is 1.92 bits per heavy atom. The van der Waals surface area contributed by atoms with Gasteiger partial charge in [-0.05, 0) is 179 Å². The number of allylic oxidation sites excluding steroid dienone is 7. The first kappa shape index (κ1) is 87.4. The molecule has 2 aliphatic carbocycles. The van der Waals surface area contributed by atoms with E-state index >= 15 is 0 Å². The fraction of sp³-hybridized carbons (Fsp3) is 0.432. The summed E-state index contributed by atoms with van der Waals surface area (Å²) in [5.41, 5.74) is 3.88. The number of carboxylic acid groups (broad SMARTS) is 2. The zero-order valence-electron chi connectivity index (χ0n) is 65.0. The molecule has 5 aromatic rings. The molecule has 5 amide bonds. The Hall–Kier alpha value is -9.94. The van der Waals surface area contributed by atoms with Crippen molar-refractivity contribution in [2.24, 2.45) is 5.41 Å². The van der Waals surface area contributed by atoms with E-state index in [2.05, 4.69) is 26.2 Å². The van der Waals surface area contributed by atoms with Crippen LogP contribution in [-0.2, 0) is 81.7 Å². The lowest BCUT2D eigenvalue weighted by Crippen LogP contribution is -2.55. The molecule has 3 heterocycles. The van der Waals surface area contributed by atoms with E-state index in [4.69, 9.17) is 4.74 Å². The van der Waals surface area contributed by atoms with Gasteiger partial charge in [0, 0.05) is 89.6 Å². The molecule has 115 heavy (non-hydrogen) atoms. The van der Waals surface area contributed by atoms with Gasteiger partial charge < -0.3 is 50.9 Å². The topological polar surface area (TPSA) is 448 Å². The number of hydrogen-bond acceptors (Lipinski definition) is 18. The maximum Gasteiger partial charge on any atom is 0.326 e. The average Bonchev–Trinajstić information content (AvgIpc) is 1.59. The lowest BCUT2D eigenvalue weighted by Gasteiger charge is -2.37. The van der Waals surface area contributed by atoms with Gasteiger partial charge in [0.25, 0.3) is 52.3 Å². The molecule has 1 saturated carbocycles. The number of carboxylic acids is 2. The minimum Gasteiger partial charge on any atom is -0.480 e. The number of amides is 5. The van der Waals surface area contributed by atoms with Gasteiger partial charge in [-0.25, -0.2) is 14.4 Å². The Morgan fingerprint density at radius 2 is 1.29 bits per heavy atom. The van der Waals surface area contributed by atoms with Crippen molar-refractivity contribution < 1.29 is 105 Å². The second-order valence-corrected chi connectivity index (χ2v) is 37.6. The van der Waals surface area contributed by atoms with Crippen LogP contribution in [-0.4, -0.2) is 176 Å². The maximum absolute atomic E-state index is 14.6. The number of benzene rings is 5. The summed E-state index contributed by atoms with van der Waals surface area (Å²) in [6, 6.07) is 22.6. The SMILES string of the molecule is CC(C)(C)C(=O)CN1C(=O)[C@H](NC(=O)Nc2cccc(C(=O)N[C@H](CCC(=O)N[C@@H](Cc3ccc(OC4=C(C=CC5=[N+](CCCCS(=O)(=O)O)c6ccc(S(=O)(=O)O)cc6C5(C)C)CCCC4=CC=C4N(CCCCS(=O)(=O)O)c5ccc(S(=O)(=O)O)cc5C4(C)C)cc3)C(=O)O)C(=O)O)c2)CN(C2CCCCC2)c2ccccc21. The number of nitrogens with one attached hydrogen (secondary N) is 4. The second kappa shape index (κ2) is 35.7. The van der Waals surface area contributed by atoms with Crippen LogP contribution in [0.25, 0.3) is 0 Å². The third-order valence-corrected chi connectivity index (χ3v) is 24.8. The predicted octanol–water partition coefficient (Wildman–Crippen LogP) is 10.6. The molecular formula is C81H99N8O22S4+. The Labute approximate surface area is 669 Å². The van der Waals surface area contributed by atoms with Gasteiger partial charge in [0.15, 0.2) is 11.5 Å². The molecule has 10 N–H and O–H groups in total. The summed E-state index contributed by atoms with van der Waals surface area (Å²) in [7, 11) is -17.9. The van der Waals surface area contributed by atoms with E-state index in [-0.39, 0.29) is 96.9 Å². The number of anilines is 4. The molecule has 3 aliphatic heterocycles. The Kier molecular flexibility index (Phi) is 27.1. The minimum atomic E-state index is -4.66. The quantitative estimate of drug-likeness (QED) is 0.0109. The average molecular weight is 1660 g/mol. The van der Waals surface area contributed by atoms with Crippen molar-refractivity contribution in [2.75, 3.05) is 57.7 Å². The zero-order valence-corrected chi connectivity index (χ0v) is 68.3. The van der Waals surface area contributed by atoms with Crippen LogP contribution in [0.5, 0.6) is 5.75 Å². The highest BCUT2D eigenvalue weighted by Crippen LogP contribution is 2.50. The largest absolute Gasteiger partial charge is 0.480 e. The smallest absolute Gasteiger partial charge is 0.326 e. The van der Waals surface area contributed by atoms with E-state index in [0.717, 1.165) is 37.8 Å². The molecule has 3 atom stereocenters. The number of ether oxygens (including phenoxy) is 1. The molecule has 5 aromatic carbocycles. The zero-order chi connectivity index (χ0) is 83.9. The maximum atomic E-state index is 14.6. The fourth-order valence-electron chi connectivity index (χ4n) is 15.3. The highest BCUT2D eigenvalue weighted by molar-refractivity contribution is 7.86. The summed E-state index contributed by atoms with van der Waals surface area (Å²) in [4.78, 5) is 99.7. The minimum absolute atomic E-state index is 0.0630. The lowest BCUT2D eigenvalue weighted by atomic mass is 9.81. The van der Waals surface area contributed by atoms with Gasteiger partial charge in [-0.3, -0.25) is 37.4 Å². The van der Waals surface area contributed by atoms with Crippen molar-refractivity contribution >= 4 is 116 Å². The standard InChI is InChI=1S/C81H98N8O22S4/c1-79(2,3)71(90)50-89-68-26-12-11-25-67(68)88(56-23-9-8-10-24-56)49-64(75(89)93)85-78(98)82-55-22-18-21-54(46-55)74(92)84-62(76(94)95)35-40-72(91)83-63(77(96)97)45-51-27-31-57(32-28-51)111-73-52(29-38-69-80(4,5)60-47-58(114(105,106)107)33-36-65(60)86(69)41-13-15-43-112(99,100)101)19-17-20-53(73)30-39-70-81(6,7)61-48-59(115(108,109)110)34-37-66(61)87(70)42-14-16-44-113(102,103)104/h11-12,18,21-22,25-34,36-39,46-48,56,62-64H,8-10,13-17,19-20,23-24,35,40-45,49-50H2,1-7H3,(H9-,82,83,84,85,91,92,94,95,96,97,98,99,100,101,102,103,104,105,106,107,108,109,110)/p+1/t62-,63+,64-/m1/s1. The molecule has 618 valence electrons. The molecule has 0 aromatic heterocycles. The first-order chi connectivity index (χ1) is 53.9. The molecular weight excluding hydrogens is 1570 g/mol. The summed E-state index contributed by atoms with van der Waals surface area (Å²) in [6.07, 6.45) is 12.9. The number of urea groups is 1. The molecule has 0 radical (unpaired) electrons. The van der Waals surface area contributed by atoms with E-state index < -0.39 is 135 Å². The van der Waals surface area contributed by atoms with Crippen molar-refractivity contribution in [3.63, 3.8) is 0 Å². The van der Waals surface area contributed by atoms with E-state index in [0.29, 0.717) is 81.3 Å². The molecule has 0 spiro atoms. The monoisotopic (exact) mass is 1660 g/mol. The number of aliphatic carboxylic acids is 2. The number of fused-ring (bicyclic) bond motifs is 3. The van der Waals surface area contributed by atoms with Gasteiger partial charge >= 0.3 is 18.0 Å². The summed E-state index contributed by atoms with van der Waals surface area (Å²) < 4.78 is 145. The Morgan fingerprint density at radius 1 is 0.652 bits per heavy atom. The number of carbonyl (C=O) groups excluding carboxylic acids is 5. The van der Waals surface area contributed by atoms with Crippen LogP contribution in [0.2, 0.25) is 0 Å². The highest BCUT2D eigenvalue weighted by Gasteiger charge is 2.46. The van der Waals surface area contributed by atoms with E-state index in [1.807, 2.05) is 73.6 Å². The van der Waals surface area contributed by atoms with Crippen molar-refractivity contribution in [1.29, 1.82) is 0 Å². The van der Waals surface area contributed by atoms with Gasteiger partial charge in [-0.1, -0.05) is 90.3 Å². The second-order valence-electron chi connectivity index (χ2n) is 31.6. The number of carbonyl (C=O) groups is 7. The van der Waals surface area contributed by atoms with Crippen LogP contribution >= 0.6 is 0 Å².